The van der Waals surface area contributed by atoms with Crippen LogP contribution in [0.3, 0.4) is 0 Å². The Morgan fingerprint density at radius 1 is 1.26 bits per heavy atom. The fraction of sp³-hybridized carbons (Fsp3) is 0.250. The molecule has 1 unspecified atom stereocenters. The van der Waals surface area contributed by atoms with Crippen LogP contribution in [0.1, 0.15) is 16.8 Å². The molecule has 0 radical (unpaired) electrons. The largest absolute Gasteiger partial charge is 0.457 e. The van der Waals surface area contributed by atoms with Crippen molar-refractivity contribution in [2.45, 2.75) is 12.5 Å². The van der Waals surface area contributed by atoms with Gasteiger partial charge in [-0.2, -0.15) is 0 Å². The lowest BCUT2D eigenvalue weighted by Gasteiger charge is -2.17. The Bertz CT molecular complexity index is 720. The lowest BCUT2D eigenvalue weighted by molar-refractivity contribution is -0.384. The Labute approximate surface area is 132 Å². The zero-order valence-electron chi connectivity index (χ0n) is 12.3. The van der Waals surface area contributed by atoms with Gasteiger partial charge >= 0.3 is 11.7 Å². The fourth-order valence-corrected chi connectivity index (χ4v) is 2.59. The standard InChI is InChI=1S/C16H15N3O4/c20-16(12-5-2-1-3-6-12)23-13-8-10-18(11-13)15-14(19(21)22)7-4-9-17-15/h1-7,9,13H,8,10-11H2. The lowest BCUT2D eigenvalue weighted by Crippen LogP contribution is -2.26. The molecule has 2 aromatic rings. The van der Waals surface area contributed by atoms with Gasteiger partial charge < -0.3 is 9.64 Å². The normalized spacial score (nSPS) is 17.0. The van der Waals surface area contributed by atoms with E-state index in [1.807, 2.05) is 6.07 Å². The molecule has 0 saturated carbocycles. The highest BCUT2D eigenvalue weighted by Gasteiger charge is 2.30. The summed E-state index contributed by atoms with van der Waals surface area (Å²) in [7, 11) is 0. The minimum Gasteiger partial charge on any atom is -0.457 e. The van der Waals surface area contributed by atoms with Crippen molar-refractivity contribution in [3.05, 3.63) is 64.3 Å². The van der Waals surface area contributed by atoms with Gasteiger partial charge in [0, 0.05) is 25.2 Å². The number of hydrogen-bond acceptors (Lipinski definition) is 6. The number of aromatic nitrogens is 1. The van der Waals surface area contributed by atoms with Crippen molar-refractivity contribution in [1.82, 2.24) is 4.98 Å². The third kappa shape index (κ3) is 3.28. The predicted molar refractivity (Wildman–Crippen MR) is 83.4 cm³/mol. The summed E-state index contributed by atoms with van der Waals surface area (Å²) in [5.41, 5.74) is 0.456. The van der Waals surface area contributed by atoms with Crippen LogP contribution in [-0.2, 0) is 4.74 Å². The quantitative estimate of drug-likeness (QED) is 0.489. The molecule has 118 valence electrons. The van der Waals surface area contributed by atoms with E-state index in [9.17, 15) is 14.9 Å². The smallest absolute Gasteiger partial charge is 0.338 e. The lowest BCUT2D eigenvalue weighted by atomic mass is 10.2. The van der Waals surface area contributed by atoms with Crippen molar-refractivity contribution < 1.29 is 14.5 Å². The molecule has 7 nitrogen and oxygen atoms in total. The van der Waals surface area contributed by atoms with Crippen molar-refractivity contribution in [3.63, 3.8) is 0 Å². The van der Waals surface area contributed by atoms with Crippen LogP contribution in [0.5, 0.6) is 0 Å². The number of anilines is 1. The number of esters is 1. The van der Waals surface area contributed by atoms with E-state index in [2.05, 4.69) is 4.98 Å². The molecule has 1 fully saturated rings. The van der Waals surface area contributed by atoms with Gasteiger partial charge in [0.15, 0.2) is 0 Å². The Hall–Kier alpha value is -2.96. The minimum atomic E-state index is -0.453. The Morgan fingerprint density at radius 3 is 2.78 bits per heavy atom. The third-order valence-corrected chi connectivity index (χ3v) is 3.69. The average Bonchev–Trinajstić information content (AvgIpc) is 3.04. The summed E-state index contributed by atoms with van der Waals surface area (Å²) in [5.74, 6) is -0.0660. The van der Waals surface area contributed by atoms with Gasteiger partial charge in [0.1, 0.15) is 6.10 Å². The minimum absolute atomic E-state index is 0.0393. The van der Waals surface area contributed by atoms with E-state index in [1.54, 1.807) is 29.2 Å². The van der Waals surface area contributed by atoms with Crippen LogP contribution < -0.4 is 4.90 Å². The summed E-state index contributed by atoms with van der Waals surface area (Å²) < 4.78 is 5.47. The number of carbonyl (C=O) groups excluding carboxylic acids is 1. The number of benzene rings is 1. The van der Waals surface area contributed by atoms with Crippen LogP contribution in [0, 0.1) is 10.1 Å². The molecular weight excluding hydrogens is 298 g/mol. The van der Waals surface area contributed by atoms with Crippen molar-refractivity contribution in [2.75, 3.05) is 18.0 Å². The van der Waals surface area contributed by atoms with Crippen LogP contribution in [0.25, 0.3) is 0 Å². The highest BCUT2D eigenvalue weighted by atomic mass is 16.6. The summed E-state index contributed by atoms with van der Waals surface area (Å²) in [6, 6.07) is 11.7. The molecule has 23 heavy (non-hydrogen) atoms. The van der Waals surface area contributed by atoms with Gasteiger partial charge in [-0.15, -0.1) is 0 Å². The molecule has 2 heterocycles. The summed E-state index contributed by atoms with van der Waals surface area (Å²) in [6.07, 6.45) is 1.84. The highest BCUT2D eigenvalue weighted by Crippen LogP contribution is 2.28. The first-order chi connectivity index (χ1) is 11.1. The van der Waals surface area contributed by atoms with E-state index >= 15 is 0 Å². The van der Waals surface area contributed by atoms with E-state index in [0.29, 0.717) is 30.9 Å². The first-order valence-corrected chi connectivity index (χ1v) is 7.25. The van der Waals surface area contributed by atoms with Gasteiger partial charge in [0.25, 0.3) is 0 Å². The van der Waals surface area contributed by atoms with E-state index in [0.717, 1.165) is 0 Å². The van der Waals surface area contributed by atoms with Crippen molar-refractivity contribution in [1.29, 1.82) is 0 Å². The summed E-state index contributed by atoms with van der Waals surface area (Å²) in [6.45, 7) is 0.959. The average molecular weight is 313 g/mol. The van der Waals surface area contributed by atoms with Crippen molar-refractivity contribution in [3.8, 4) is 0 Å². The molecule has 1 aliphatic rings. The van der Waals surface area contributed by atoms with Gasteiger partial charge in [0.2, 0.25) is 5.82 Å². The molecule has 1 saturated heterocycles. The van der Waals surface area contributed by atoms with Crippen LogP contribution in [0.15, 0.2) is 48.7 Å². The van der Waals surface area contributed by atoms with E-state index in [-0.39, 0.29) is 17.8 Å². The molecule has 1 aromatic heterocycles. The second kappa shape index (κ2) is 6.43. The second-order valence-corrected chi connectivity index (χ2v) is 5.23. The zero-order valence-corrected chi connectivity index (χ0v) is 12.3. The maximum atomic E-state index is 12.1. The van der Waals surface area contributed by atoms with E-state index in [4.69, 9.17) is 4.74 Å². The topological polar surface area (TPSA) is 85.6 Å². The number of nitrogens with zero attached hydrogens (tertiary/aromatic N) is 3. The maximum Gasteiger partial charge on any atom is 0.338 e. The number of carbonyl (C=O) groups is 1. The maximum absolute atomic E-state index is 12.1. The van der Waals surface area contributed by atoms with Crippen LogP contribution >= 0.6 is 0 Å². The number of rotatable bonds is 4. The first-order valence-electron chi connectivity index (χ1n) is 7.25. The molecule has 0 amide bonds. The zero-order chi connectivity index (χ0) is 16.2. The monoisotopic (exact) mass is 313 g/mol. The van der Waals surface area contributed by atoms with Crippen LogP contribution in [-0.4, -0.2) is 35.1 Å². The first kappa shape index (κ1) is 15.0. The summed E-state index contributed by atoms with van der Waals surface area (Å²) in [5, 5.41) is 11.1. The summed E-state index contributed by atoms with van der Waals surface area (Å²) in [4.78, 5) is 28.6. The molecule has 0 N–H and O–H groups in total. The fourth-order valence-electron chi connectivity index (χ4n) is 2.59. The van der Waals surface area contributed by atoms with Crippen LogP contribution in [0.4, 0.5) is 11.5 Å². The highest BCUT2D eigenvalue weighted by molar-refractivity contribution is 5.89. The molecule has 1 aromatic carbocycles. The molecule has 3 rings (SSSR count). The number of hydrogen-bond donors (Lipinski definition) is 0. The van der Waals surface area contributed by atoms with Crippen molar-refractivity contribution >= 4 is 17.5 Å². The summed E-state index contributed by atoms with van der Waals surface area (Å²) >= 11 is 0. The van der Waals surface area contributed by atoms with Gasteiger partial charge in [-0.25, -0.2) is 9.78 Å². The van der Waals surface area contributed by atoms with Gasteiger partial charge in [-0.3, -0.25) is 10.1 Å². The molecule has 1 aliphatic heterocycles. The van der Waals surface area contributed by atoms with Gasteiger partial charge in [-0.05, 0) is 18.2 Å². The van der Waals surface area contributed by atoms with Crippen molar-refractivity contribution in [2.24, 2.45) is 0 Å². The molecule has 0 aliphatic carbocycles. The van der Waals surface area contributed by atoms with Crippen LogP contribution in [0.2, 0.25) is 0 Å². The van der Waals surface area contributed by atoms with Gasteiger partial charge in [0.05, 0.1) is 17.0 Å². The second-order valence-electron chi connectivity index (χ2n) is 5.23. The molecular formula is C16H15N3O4. The molecule has 0 spiro atoms. The Morgan fingerprint density at radius 2 is 2.04 bits per heavy atom. The third-order valence-electron chi connectivity index (χ3n) is 3.69. The van der Waals surface area contributed by atoms with E-state index in [1.165, 1.54) is 18.3 Å². The number of pyridine rings is 1. The number of nitro groups is 1. The number of ether oxygens (including phenoxy) is 1. The van der Waals surface area contributed by atoms with E-state index < -0.39 is 4.92 Å². The molecule has 7 heteroatoms. The molecule has 0 bridgehead atoms. The Balaban J connectivity index is 1.67. The van der Waals surface area contributed by atoms with Gasteiger partial charge in [-0.1, -0.05) is 18.2 Å². The SMILES string of the molecule is O=C(OC1CCN(c2ncccc2[N+](=O)[O-])C1)c1ccccc1. The molecule has 1 atom stereocenters. The predicted octanol–water partition coefficient (Wildman–Crippen LogP) is 2.43. The Kier molecular flexibility index (Phi) is 4.18.